The third kappa shape index (κ3) is 1.76. The number of rotatable bonds is 2. The lowest BCUT2D eigenvalue weighted by molar-refractivity contribution is 1.52. The quantitative estimate of drug-likeness (QED) is 0.767. The van der Waals surface area contributed by atoms with Crippen molar-refractivity contribution in [2.24, 2.45) is 0 Å². The molecule has 0 atom stereocenters. The van der Waals surface area contributed by atoms with Gasteiger partial charge in [0.25, 0.3) is 0 Å². The van der Waals surface area contributed by atoms with Gasteiger partial charge in [-0.1, -0.05) is 46.2 Å². The molecule has 0 amide bonds. The summed E-state index contributed by atoms with van der Waals surface area (Å²) in [6.45, 7) is 3.73. The molecular weight excluding hydrogens is 237 g/mol. The Morgan fingerprint density at radius 3 is 2.67 bits per heavy atom. The van der Waals surface area contributed by atoms with Crippen molar-refractivity contribution in [1.29, 1.82) is 5.41 Å². The van der Waals surface area contributed by atoms with E-state index in [4.69, 9.17) is 17.0 Å². The zero-order valence-corrected chi connectivity index (χ0v) is 8.61. The lowest BCUT2D eigenvalue weighted by atomic mass is 10.1. The highest BCUT2D eigenvalue weighted by Crippen LogP contribution is 2.26. The van der Waals surface area contributed by atoms with Crippen LogP contribution in [0.5, 0.6) is 0 Å². The molecular formula is C9H7BrClN. The van der Waals surface area contributed by atoms with Crippen molar-refractivity contribution in [3.8, 4) is 0 Å². The molecule has 0 heterocycles. The Morgan fingerprint density at radius 1 is 1.58 bits per heavy atom. The van der Waals surface area contributed by atoms with E-state index in [2.05, 4.69) is 22.5 Å². The highest BCUT2D eigenvalue weighted by Gasteiger charge is 2.04. The Hall–Kier alpha value is -0.600. The summed E-state index contributed by atoms with van der Waals surface area (Å²) in [5, 5.41) is 7.72. The lowest BCUT2D eigenvalue weighted by Crippen LogP contribution is -1.88. The maximum Gasteiger partial charge on any atom is 0.0500 e. The van der Waals surface area contributed by atoms with Crippen LogP contribution in [0.4, 0.5) is 0 Å². The van der Waals surface area contributed by atoms with Crippen molar-refractivity contribution < 1.29 is 0 Å². The van der Waals surface area contributed by atoms with Crippen molar-refractivity contribution in [3.63, 3.8) is 0 Å². The molecule has 1 N–H and O–H groups in total. The molecule has 3 heteroatoms. The van der Waals surface area contributed by atoms with Crippen LogP contribution in [-0.2, 0) is 0 Å². The van der Waals surface area contributed by atoms with E-state index in [1.807, 2.05) is 12.1 Å². The van der Waals surface area contributed by atoms with Crippen molar-refractivity contribution in [2.45, 2.75) is 0 Å². The van der Waals surface area contributed by atoms with Gasteiger partial charge in [-0.25, -0.2) is 0 Å². The van der Waals surface area contributed by atoms with Gasteiger partial charge in [-0.3, -0.25) is 0 Å². The van der Waals surface area contributed by atoms with Crippen LogP contribution in [0.2, 0.25) is 5.02 Å². The van der Waals surface area contributed by atoms with Gasteiger partial charge in [0.1, 0.15) is 0 Å². The molecule has 0 saturated heterocycles. The topological polar surface area (TPSA) is 23.9 Å². The van der Waals surface area contributed by atoms with Gasteiger partial charge >= 0.3 is 0 Å². The minimum atomic E-state index is 0.572. The average molecular weight is 245 g/mol. The predicted molar refractivity (Wildman–Crippen MR) is 57.3 cm³/mol. The molecule has 0 radical (unpaired) electrons. The molecule has 0 fully saturated rings. The minimum Gasteiger partial charge on any atom is -0.308 e. The molecule has 0 spiro atoms. The molecule has 0 saturated carbocycles. The van der Waals surface area contributed by atoms with Crippen molar-refractivity contribution >= 4 is 38.2 Å². The molecule has 0 aliphatic heterocycles. The van der Waals surface area contributed by atoms with Crippen LogP contribution in [0.3, 0.4) is 0 Å². The van der Waals surface area contributed by atoms with E-state index in [0.29, 0.717) is 10.6 Å². The SMILES string of the molecule is C=C(Br)c1cccc(Cl)c1C=N. The summed E-state index contributed by atoms with van der Waals surface area (Å²) in [4.78, 5) is 0. The Kier molecular flexibility index (Phi) is 3.06. The summed E-state index contributed by atoms with van der Waals surface area (Å²) in [6, 6.07) is 5.45. The van der Waals surface area contributed by atoms with Crippen LogP contribution >= 0.6 is 27.5 Å². The molecule has 1 nitrogen and oxygen atoms in total. The number of hydrogen-bond donors (Lipinski definition) is 1. The standard InChI is InChI=1S/C9H7BrClN/c1-6(10)7-3-2-4-9(11)8(7)5-12/h2-5,12H,1H2. The second-order valence-corrected chi connectivity index (χ2v) is 3.61. The van der Waals surface area contributed by atoms with E-state index < -0.39 is 0 Å². The molecule has 12 heavy (non-hydrogen) atoms. The van der Waals surface area contributed by atoms with E-state index in [0.717, 1.165) is 10.0 Å². The van der Waals surface area contributed by atoms with Crippen LogP contribution in [0.15, 0.2) is 24.8 Å². The number of nitrogens with one attached hydrogen (secondary N) is 1. The van der Waals surface area contributed by atoms with Gasteiger partial charge in [-0.05, 0) is 11.6 Å². The fourth-order valence-corrected chi connectivity index (χ4v) is 1.50. The van der Waals surface area contributed by atoms with Gasteiger partial charge in [-0.2, -0.15) is 0 Å². The van der Waals surface area contributed by atoms with Crippen molar-refractivity contribution in [2.75, 3.05) is 0 Å². The monoisotopic (exact) mass is 243 g/mol. The maximum absolute atomic E-state index is 7.15. The summed E-state index contributed by atoms with van der Waals surface area (Å²) in [6.07, 6.45) is 1.23. The zero-order chi connectivity index (χ0) is 9.14. The highest BCUT2D eigenvalue weighted by atomic mass is 79.9. The molecule has 1 aromatic carbocycles. The van der Waals surface area contributed by atoms with Gasteiger partial charge < -0.3 is 5.41 Å². The molecule has 1 rings (SSSR count). The van der Waals surface area contributed by atoms with E-state index in [1.54, 1.807) is 6.07 Å². The first kappa shape index (κ1) is 9.49. The largest absolute Gasteiger partial charge is 0.308 e. The number of hydrogen-bond acceptors (Lipinski definition) is 1. The van der Waals surface area contributed by atoms with Crippen LogP contribution in [0.25, 0.3) is 4.48 Å². The second-order valence-electron chi connectivity index (χ2n) is 2.25. The van der Waals surface area contributed by atoms with E-state index in [-0.39, 0.29) is 0 Å². The Bertz CT molecular complexity index is 333. The van der Waals surface area contributed by atoms with E-state index in [1.165, 1.54) is 6.21 Å². The minimum absolute atomic E-state index is 0.572. The van der Waals surface area contributed by atoms with Crippen molar-refractivity contribution in [1.82, 2.24) is 0 Å². The number of benzene rings is 1. The summed E-state index contributed by atoms with van der Waals surface area (Å²) in [7, 11) is 0. The van der Waals surface area contributed by atoms with Gasteiger partial charge in [0, 0.05) is 21.3 Å². The second kappa shape index (κ2) is 3.87. The van der Waals surface area contributed by atoms with E-state index in [9.17, 15) is 0 Å². The van der Waals surface area contributed by atoms with Crippen LogP contribution in [0, 0.1) is 5.41 Å². The number of halogens is 2. The third-order valence-corrected chi connectivity index (χ3v) is 2.25. The zero-order valence-electron chi connectivity index (χ0n) is 6.27. The van der Waals surface area contributed by atoms with Gasteiger partial charge in [0.15, 0.2) is 0 Å². The lowest BCUT2D eigenvalue weighted by Gasteiger charge is -2.04. The predicted octanol–water partition coefficient (Wildman–Crippen LogP) is 3.70. The summed E-state index contributed by atoms with van der Waals surface area (Å²) in [5.74, 6) is 0. The third-order valence-electron chi connectivity index (χ3n) is 1.49. The van der Waals surface area contributed by atoms with E-state index >= 15 is 0 Å². The summed E-state index contributed by atoms with van der Waals surface area (Å²) >= 11 is 9.11. The first-order valence-corrected chi connectivity index (χ1v) is 4.47. The van der Waals surface area contributed by atoms with Gasteiger partial charge in [-0.15, -0.1) is 0 Å². The summed E-state index contributed by atoms with van der Waals surface area (Å²) < 4.78 is 0.739. The normalized spacial score (nSPS) is 9.50. The molecule has 0 aromatic heterocycles. The fourth-order valence-electron chi connectivity index (χ4n) is 0.920. The smallest absolute Gasteiger partial charge is 0.0500 e. The molecule has 0 bridgehead atoms. The Labute approximate surface area is 84.7 Å². The highest BCUT2D eigenvalue weighted by molar-refractivity contribution is 9.15. The molecule has 62 valence electrons. The van der Waals surface area contributed by atoms with Gasteiger partial charge in [0.05, 0.1) is 0 Å². The molecule has 0 aliphatic rings. The van der Waals surface area contributed by atoms with Crippen LogP contribution < -0.4 is 0 Å². The summed E-state index contributed by atoms with van der Waals surface area (Å²) in [5.41, 5.74) is 1.55. The first-order valence-electron chi connectivity index (χ1n) is 3.30. The van der Waals surface area contributed by atoms with Crippen LogP contribution in [0.1, 0.15) is 11.1 Å². The van der Waals surface area contributed by atoms with Gasteiger partial charge in [0.2, 0.25) is 0 Å². The first-order chi connectivity index (χ1) is 5.66. The fraction of sp³-hybridized carbons (Fsp3) is 0. The molecule has 1 aromatic rings. The average Bonchev–Trinajstić information content (AvgIpc) is 2.03. The van der Waals surface area contributed by atoms with Crippen molar-refractivity contribution in [3.05, 3.63) is 40.9 Å². The Morgan fingerprint density at radius 2 is 2.25 bits per heavy atom. The maximum atomic E-state index is 7.15. The van der Waals surface area contributed by atoms with Crippen LogP contribution in [-0.4, -0.2) is 6.21 Å². The molecule has 0 aliphatic carbocycles. The Balaban J connectivity index is 3.37. The molecule has 0 unspecified atom stereocenters.